The lowest BCUT2D eigenvalue weighted by Gasteiger charge is -2.22. The van der Waals surface area contributed by atoms with Crippen molar-refractivity contribution in [3.05, 3.63) is 36.5 Å². The van der Waals surface area contributed by atoms with E-state index in [-0.39, 0.29) is 23.8 Å². The fourth-order valence-electron chi connectivity index (χ4n) is 4.05. The van der Waals surface area contributed by atoms with Gasteiger partial charge in [-0.15, -0.1) is 0 Å². The molecule has 4 rings (SSSR count). The van der Waals surface area contributed by atoms with Crippen molar-refractivity contribution in [2.45, 2.75) is 49.8 Å². The van der Waals surface area contributed by atoms with Crippen molar-refractivity contribution in [3.63, 3.8) is 0 Å². The third-order valence-corrected chi connectivity index (χ3v) is 7.36. The number of aromatic nitrogens is 1. The second-order valence-corrected chi connectivity index (χ2v) is 10.3. The number of hydrogen-bond donors (Lipinski definition) is 2. The van der Waals surface area contributed by atoms with E-state index in [1.54, 1.807) is 24.4 Å². The van der Waals surface area contributed by atoms with Gasteiger partial charge in [-0.25, -0.2) is 18.1 Å². The highest BCUT2D eigenvalue weighted by molar-refractivity contribution is 7.89. The molecule has 1 aromatic carbocycles. The van der Waals surface area contributed by atoms with Gasteiger partial charge in [-0.05, 0) is 43.0 Å². The number of hydrogen-bond acceptors (Lipinski definition) is 7. The summed E-state index contributed by atoms with van der Waals surface area (Å²) in [6, 6.07) is 8.01. The Morgan fingerprint density at radius 1 is 1.06 bits per heavy atom. The second kappa shape index (κ2) is 11.5. The fourth-order valence-corrected chi connectivity index (χ4v) is 5.10. The first-order valence-corrected chi connectivity index (χ1v) is 13.3. The van der Waals surface area contributed by atoms with Crippen LogP contribution in [0.15, 0.2) is 41.4 Å². The van der Waals surface area contributed by atoms with Crippen LogP contribution in [0.2, 0.25) is 0 Å². The number of pyridine rings is 1. The van der Waals surface area contributed by atoms with Crippen molar-refractivity contribution in [2.24, 2.45) is 5.92 Å². The zero-order valence-corrected chi connectivity index (χ0v) is 19.9. The topological polar surface area (TPSA) is 116 Å². The molecule has 2 aliphatic rings. The largest absolute Gasteiger partial charge is 0.490 e. The molecule has 1 aliphatic carbocycles. The molecule has 1 aliphatic heterocycles. The number of fused-ring (bicyclic) bond motifs is 1. The van der Waals surface area contributed by atoms with Gasteiger partial charge in [0, 0.05) is 31.6 Å². The highest BCUT2D eigenvalue weighted by Crippen LogP contribution is 2.32. The van der Waals surface area contributed by atoms with Crippen LogP contribution in [0.4, 0.5) is 5.82 Å². The van der Waals surface area contributed by atoms with E-state index in [4.69, 9.17) is 14.2 Å². The van der Waals surface area contributed by atoms with E-state index < -0.39 is 10.0 Å². The third kappa shape index (κ3) is 6.60. The summed E-state index contributed by atoms with van der Waals surface area (Å²) in [6.07, 6.45) is 8.31. The predicted octanol–water partition coefficient (Wildman–Crippen LogP) is 3.51. The van der Waals surface area contributed by atoms with Crippen molar-refractivity contribution in [2.75, 3.05) is 31.7 Å². The molecule has 2 heterocycles. The van der Waals surface area contributed by atoms with Crippen LogP contribution in [0.5, 0.6) is 17.2 Å². The molecule has 2 N–H and O–H groups in total. The van der Waals surface area contributed by atoms with E-state index in [1.807, 2.05) is 0 Å². The predicted molar refractivity (Wildman–Crippen MR) is 127 cm³/mol. The van der Waals surface area contributed by atoms with Crippen molar-refractivity contribution in [1.29, 1.82) is 0 Å². The Morgan fingerprint density at radius 3 is 2.68 bits per heavy atom. The highest BCUT2D eigenvalue weighted by Gasteiger charge is 2.20. The van der Waals surface area contributed by atoms with E-state index in [0.717, 1.165) is 19.3 Å². The first-order valence-electron chi connectivity index (χ1n) is 11.8. The molecule has 9 nitrogen and oxygen atoms in total. The van der Waals surface area contributed by atoms with Crippen LogP contribution >= 0.6 is 0 Å². The normalized spacial score (nSPS) is 16.5. The van der Waals surface area contributed by atoms with E-state index in [1.165, 1.54) is 31.4 Å². The van der Waals surface area contributed by atoms with Crippen LogP contribution < -0.4 is 24.2 Å². The fraction of sp³-hybridized carbons (Fsp3) is 0.500. The number of nitrogens with zero attached hydrogens (tertiary/aromatic N) is 1. The second-order valence-electron chi connectivity index (χ2n) is 8.52. The molecule has 0 saturated heterocycles. The van der Waals surface area contributed by atoms with Gasteiger partial charge in [-0.2, -0.15) is 0 Å². The van der Waals surface area contributed by atoms with Gasteiger partial charge in [0.25, 0.3) is 0 Å². The average molecular weight is 490 g/mol. The maximum Gasteiger partial charge on any atom is 0.240 e. The van der Waals surface area contributed by atoms with Crippen molar-refractivity contribution in [1.82, 2.24) is 9.71 Å². The smallest absolute Gasteiger partial charge is 0.240 e. The SMILES string of the molecule is O=C(CCNS(=O)(=O)c1ccc2c(c1)OCCCO2)Nc1ncccc1OCC1CCCCC1. The molecule has 10 heteroatoms. The number of carbonyl (C=O) groups excluding carboxylic acids is 1. The molecule has 184 valence electrons. The van der Waals surface area contributed by atoms with Crippen LogP contribution in [0, 0.1) is 5.92 Å². The van der Waals surface area contributed by atoms with Crippen molar-refractivity contribution >= 4 is 21.7 Å². The standard InChI is InChI=1S/C24H31N3O6S/c28-23(27-24-21(8-4-12-25-24)33-17-18-6-2-1-3-7-18)11-13-26-34(29,30)19-9-10-20-22(16-19)32-15-5-14-31-20/h4,8-10,12,16,18,26H,1-3,5-7,11,13-15,17H2,(H,25,27,28). The number of rotatable bonds is 9. The molecule has 1 aromatic heterocycles. The number of amides is 1. The molecule has 0 radical (unpaired) electrons. The Balaban J connectivity index is 1.28. The minimum absolute atomic E-state index is 0.0532. The Bertz CT molecular complexity index is 1090. The molecule has 1 amide bonds. The van der Waals surface area contributed by atoms with Gasteiger partial charge in [-0.3, -0.25) is 4.79 Å². The molecular formula is C24H31N3O6S. The Kier molecular flexibility index (Phi) is 8.23. The first kappa shape index (κ1) is 24.3. The van der Waals surface area contributed by atoms with Crippen LogP contribution in [0.3, 0.4) is 0 Å². The van der Waals surface area contributed by atoms with E-state index in [2.05, 4.69) is 15.0 Å². The quantitative estimate of drug-likeness (QED) is 0.554. The molecule has 0 bridgehead atoms. The van der Waals surface area contributed by atoms with Crippen LogP contribution in [-0.4, -0.2) is 45.7 Å². The van der Waals surface area contributed by atoms with Gasteiger partial charge in [-0.1, -0.05) is 19.3 Å². The summed E-state index contributed by atoms with van der Waals surface area (Å²) in [5.74, 6) is 1.95. The zero-order chi connectivity index (χ0) is 23.8. The minimum Gasteiger partial charge on any atom is -0.490 e. The number of carbonyl (C=O) groups is 1. The molecule has 1 saturated carbocycles. The van der Waals surface area contributed by atoms with Crippen molar-refractivity contribution < 1.29 is 27.4 Å². The lowest BCUT2D eigenvalue weighted by Crippen LogP contribution is -2.28. The number of anilines is 1. The maximum atomic E-state index is 12.7. The number of nitrogens with one attached hydrogen (secondary N) is 2. The molecule has 34 heavy (non-hydrogen) atoms. The summed E-state index contributed by atoms with van der Waals surface area (Å²) >= 11 is 0. The van der Waals surface area contributed by atoms with E-state index in [0.29, 0.717) is 48.8 Å². The van der Waals surface area contributed by atoms with Crippen molar-refractivity contribution in [3.8, 4) is 17.2 Å². The average Bonchev–Trinajstić information content (AvgIpc) is 3.09. The van der Waals surface area contributed by atoms with Crippen LogP contribution in [-0.2, 0) is 14.8 Å². The number of ether oxygens (including phenoxy) is 3. The monoisotopic (exact) mass is 489 g/mol. The maximum absolute atomic E-state index is 12.7. The molecule has 1 fully saturated rings. The zero-order valence-electron chi connectivity index (χ0n) is 19.1. The summed E-state index contributed by atoms with van der Waals surface area (Å²) in [6.45, 7) is 1.53. The van der Waals surface area contributed by atoms with E-state index >= 15 is 0 Å². The Hall–Kier alpha value is -2.85. The lowest BCUT2D eigenvalue weighted by atomic mass is 9.90. The minimum atomic E-state index is -3.81. The van der Waals surface area contributed by atoms with Gasteiger partial charge < -0.3 is 19.5 Å². The Morgan fingerprint density at radius 2 is 1.85 bits per heavy atom. The van der Waals surface area contributed by atoms with Gasteiger partial charge >= 0.3 is 0 Å². The van der Waals surface area contributed by atoms with E-state index in [9.17, 15) is 13.2 Å². The van der Waals surface area contributed by atoms with Crippen LogP contribution in [0.1, 0.15) is 44.9 Å². The summed E-state index contributed by atoms with van der Waals surface area (Å²) in [4.78, 5) is 16.7. The van der Waals surface area contributed by atoms with Gasteiger partial charge in [0.2, 0.25) is 15.9 Å². The van der Waals surface area contributed by atoms with Crippen LogP contribution in [0.25, 0.3) is 0 Å². The molecule has 0 unspecified atom stereocenters. The third-order valence-electron chi connectivity index (χ3n) is 5.90. The van der Waals surface area contributed by atoms with Gasteiger partial charge in [0.15, 0.2) is 23.1 Å². The lowest BCUT2D eigenvalue weighted by molar-refractivity contribution is -0.116. The molecular weight excluding hydrogens is 458 g/mol. The summed E-state index contributed by atoms with van der Waals surface area (Å²) in [5, 5.41) is 2.73. The number of benzene rings is 1. The van der Waals surface area contributed by atoms with Gasteiger partial charge in [0.05, 0.1) is 24.7 Å². The highest BCUT2D eigenvalue weighted by atomic mass is 32.2. The first-order chi connectivity index (χ1) is 16.5. The molecule has 2 aromatic rings. The van der Waals surface area contributed by atoms with Gasteiger partial charge in [0.1, 0.15) is 0 Å². The number of sulfonamides is 1. The Labute approximate surface area is 200 Å². The summed E-state index contributed by atoms with van der Waals surface area (Å²) in [7, 11) is -3.81. The summed E-state index contributed by atoms with van der Waals surface area (Å²) < 4.78 is 44.8. The molecule has 0 spiro atoms. The molecule has 0 atom stereocenters. The summed E-state index contributed by atoms with van der Waals surface area (Å²) in [5.41, 5.74) is 0.